The van der Waals surface area contributed by atoms with Crippen LogP contribution in [0.2, 0.25) is 0 Å². The first-order valence-corrected chi connectivity index (χ1v) is 12.0. The second-order valence-corrected chi connectivity index (χ2v) is 7.75. The molecule has 0 saturated carbocycles. The van der Waals surface area contributed by atoms with Crippen LogP contribution in [0.25, 0.3) is 0 Å². The smallest absolute Gasteiger partial charge is 0.305 e. The molecule has 10 nitrogen and oxygen atoms in total. The van der Waals surface area contributed by atoms with Gasteiger partial charge in [-0.25, -0.2) is 4.98 Å². The van der Waals surface area contributed by atoms with Crippen LogP contribution in [-0.4, -0.2) is 48.4 Å². The molecule has 0 unspecified atom stereocenters. The van der Waals surface area contributed by atoms with Crippen molar-refractivity contribution in [3.63, 3.8) is 0 Å². The number of nitrogens with two attached hydrogens (primary N) is 1. The van der Waals surface area contributed by atoms with E-state index < -0.39 is 11.9 Å². The molecule has 37 heavy (non-hydrogen) atoms. The lowest BCUT2D eigenvalue weighted by atomic mass is 10.1. The zero-order chi connectivity index (χ0) is 28.6. The van der Waals surface area contributed by atoms with Gasteiger partial charge in [0.1, 0.15) is 5.75 Å². The molecular weight excluding hydrogens is 480 g/mol. The number of esters is 2. The molecule has 1 heterocycles. The number of aromatic hydroxyl groups is 1. The molecule has 0 saturated heterocycles. The number of ether oxygens (including phenoxy) is 4. The van der Waals surface area contributed by atoms with E-state index in [2.05, 4.69) is 37.4 Å². The molecule has 0 aliphatic rings. The highest BCUT2D eigenvalue weighted by atomic mass is 16.7. The minimum Gasteiger partial charge on any atom is -0.508 e. The fourth-order valence-electron chi connectivity index (χ4n) is 2.02. The third kappa shape index (κ3) is 20.1. The van der Waals surface area contributed by atoms with E-state index in [4.69, 9.17) is 25.1 Å². The van der Waals surface area contributed by atoms with Gasteiger partial charge in [-0.3, -0.25) is 14.4 Å². The summed E-state index contributed by atoms with van der Waals surface area (Å²) in [6.07, 6.45) is 4.06. The quantitative estimate of drug-likeness (QED) is 0.347. The number of aromatic nitrogens is 1. The summed E-state index contributed by atoms with van der Waals surface area (Å²) < 4.78 is 19.5. The van der Waals surface area contributed by atoms with Crippen molar-refractivity contribution in [1.29, 1.82) is 0 Å². The molecule has 0 radical (unpaired) electrons. The summed E-state index contributed by atoms with van der Waals surface area (Å²) in [5, 5.41) is 8.63. The van der Waals surface area contributed by atoms with Crippen molar-refractivity contribution in [2.75, 3.05) is 20.5 Å². The largest absolute Gasteiger partial charge is 0.508 e. The molecule has 3 N–H and O–H groups in total. The van der Waals surface area contributed by atoms with Gasteiger partial charge < -0.3 is 29.8 Å². The van der Waals surface area contributed by atoms with Crippen LogP contribution in [-0.2, 0) is 19.1 Å². The molecule has 2 rings (SSSR count). The summed E-state index contributed by atoms with van der Waals surface area (Å²) in [5.41, 5.74) is 5.04. The van der Waals surface area contributed by atoms with E-state index in [1.165, 1.54) is 32.7 Å². The summed E-state index contributed by atoms with van der Waals surface area (Å²) in [5.74, 6) is -0.104. The predicted molar refractivity (Wildman–Crippen MR) is 141 cm³/mol. The molecule has 0 aliphatic carbocycles. The van der Waals surface area contributed by atoms with E-state index in [9.17, 15) is 14.4 Å². The van der Waals surface area contributed by atoms with Gasteiger partial charge in [0.25, 0.3) is 5.91 Å². The number of hydrogen-bond donors (Lipinski definition) is 2. The average Bonchev–Trinajstić information content (AvgIpc) is 2.85. The van der Waals surface area contributed by atoms with E-state index in [0.29, 0.717) is 24.7 Å². The zero-order valence-electron chi connectivity index (χ0n) is 23.0. The van der Waals surface area contributed by atoms with Gasteiger partial charge in [0.15, 0.2) is 17.2 Å². The Morgan fingerprint density at radius 3 is 2.03 bits per heavy atom. The summed E-state index contributed by atoms with van der Waals surface area (Å²) >= 11 is 0. The SMILES string of the molecule is CCC.CCC(=O)OCCC(C)C.COc1ccnc(C(N)=O)c1OCOC(C)=O.Oc1ccccc1. The first kappa shape index (κ1) is 35.3. The van der Waals surface area contributed by atoms with Crippen molar-refractivity contribution >= 4 is 17.8 Å². The Morgan fingerprint density at radius 2 is 1.62 bits per heavy atom. The van der Waals surface area contributed by atoms with Gasteiger partial charge in [0, 0.05) is 25.6 Å². The van der Waals surface area contributed by atoms with Crippen LogP contribution in [0, 0.1) is 5.92 Å². The van der Waals surface area contributed by atoms with Crippen LogP contribution in [0.1, 0.15) is 71.3 Å². The van der Waals surface area contributed by atoms with Crippen LogP contribution < -0.4 is 15.2 Å². The number of amides is 1. The highest BCUT2D eigenvalue weighted by Crippen LogP contribution is 2.29. The maximum Gasteiger partial charge on any atom is 0.305 e. The number of benzene rings is 1. The number of primary amides is 1. The van der Waals surface area contributed by atoms with Crippen molar-refractivity contribution in [2.45, 2.75) is 60.8 Å². The van der Waals surface area contributed by atoms with Crippen LogP contribution in [0.15, 0.2) is 42.6 Å². The Balaban J connectivity index is 0. The molecule has 0 bridgehead atoms. The highest BCUT2D eigenvalue weighted by Gasteiger charge is 2.16. The first-order chi connectivity index (χ1) is 17.5. The Labute approximate surface area is 220 Å². The van der Waals surface area contributed by atoms with Crippen molar-refractivity contribution in [3.8, 4) is 17.2 Å². The number of phenols is 1. The van der Waals surface area contributed by atoms with Gasteiger partial charge in [-0.1, -0.05) is 59.2 Å². The topological polar surface area (TPSA) is 147 Å². The lowest BCUT2D eigenvalue weighted by molar-refractivity contribution is -0.147. The van der Waals surface area contributed by atoms with Gasteiger partial charge >= 0.3 is 11.9 Å². The number of rotatable bonds is 9. The Bertz CT molecular complexity index is 889. The molecule has 0 spiro atoms. The van der Waals surface area contributed by atoms with Crippen molar-refractivity contribution in [2.24, 2.45) is 11.7 Å². The average molecular weight is 523 g/mol. The first-order valence-electron chi connectivity index (χ1n) is 12.0. The predicted octanol–water partition coefficient (Wildman–Crippen LogP) is 4.88. The number of pyridine rings is 1. The fourth-order valence-corrected chi connectivity index (χ4v) is 2.02. The third-order valence-corrected chi connectivity index (χ3v) is 3.79. The van der Waals surface area contributed by atoms with Crippen molar-refractivity contribution in [3.05, 3.63) is 48.3 Å². The van der Waals surface area contributed by atoms with Crippen LogP contribution in [0.3, 0.4) is 0 Å². The minimum atomic E-state index is -0.762. The van der Waals surface area contributed by atoms with Crippen molar-refractivity contribution in [1.82, 2.24) is 4.98 Å². The highest BCUT2D eigenvalue weighted by molar-refractivity contribution is 5.94. The van der Waals surface area contributed by atoms with Gasteiger partial charge in [-0.2, -0.15) is 0 Å². The van der Waals surface area contributed by atoms with Gasteiger partial charge in [-0.05, 0) is 24.5 Å². The molecule has 1 aromatic carbocycles. The second-order valence-electron chi connectivity index (χ2n) is 7.75. The van der Waals surface area contributed by atoms with E-state index in [0.717, 1.165) is 6.42 Å². The summed E-state index contributed by atoms with van der Waals surface area (Å²) in [6, 6.07) is 10.2. The van der Waals surface area contributed by atoms with E-state index in [-0.39, 0.29) is 30.0 Å². The van der Waals surface area contributed by atoms with Gasteiger partial charge in [-0.15, -0.1) is 0 Å². The van der Waals surface area contributed by atoms with Crippen molar-refractivity contribution < 1.29 is 38.4 Å². The minimum absolute atomic E-state index is 0.0451. The summed E-state index contributed by atoms with van der Waals surface area (Å²) in [6.45, 7) is 11.7. The number of para-hydroxylation sites is 1. The maximum absolute atomic E-state index is 11.1. The molecule has 2 aromatic rings. The number of carbonyl (C=O) groups excluding carboxylic acids is 3. The molecule has 0 atom stereocenters. The zero-order valence-corrected chi connectivity index (χ0v) is 23.0. The molecule has 1 amide bonds. The molecule has 0 aliphatic heterocycles. The van der Waals surface area contributed by atoms with Crippen LogP contribution in [0.4, 0.5) is 0 Å². The van der Waals surface area contributed by atoms with Gasteiger partial charge in [0.2, 0.25) is 6.79 Å². The summed E-state index contributed by atoms with van der Waals surface area (Å²) in [4.78, 5) is 36.0. The van der Waals surface area contributed by atoms with E-state index >= 15 is 0 Å². The monoisotopic (exact) mass is 522 g/mol. The Kier molecular flexibility index (Phi) is 21.6. The number of nitrogens with zero attached hydrogens (tertiary/aromatic N) is 1. The molecule has 0 fully saturated rings. The Hall–Kier alpha value is -3.82. The second kappa shape index (κ2) is 22.6. The van der Waals surface area contributed by atoms with E-state index in [1.54, 1.807) is 31.2 Å². The number of hydrogen-bond acceptors (Lipinski definition) is 9. The van der Waals surface area contributed by atoms with Crippen LogP contribution in [0.5, 0.6) is 17.2 Å². The van der Waals surface area contributed by atoms with E-state index in [1.807, 2.05) is 6.07 Å². The number of methoxy groups -OCH3 is 1. The Morgan fingerprint density at radius 1 is 1.03 bits per heavy atom. The fraction of sp³-hybridized carbons (Fsp3) is 0.481. The lowest BCUT2D eigenvalue weighted by Crippen LogP contribution is -2.17. The lowest BCUT2D eigenvalue weighted by Gasteiger charge is -2.12. The molecule has 1 aromatic heterocycles. The third-order valence-electron chi connectivity index (χ3n) is 3.79. The molecule has 10 heteroatoms. The maximum atomic E-state index is 11.1. The van der Waals surface area contributed by atoms with Crippen LogP contribution >= 0.6 is 0 Å². The van der Waals surface area contributed by atoms with Gasteiger partial charge in [0.05, 0.1) is 13.7 Å². The molecule has 208 valence electrons. The number of carbonyl (C=O) groups is 3. The molecular formula is C27H42N2O8. The normalized spacial score (nSPS) is 9.19. The standard InChI is InChI=1S/C10H12N2O5.C8H16O2.C6H6O.C3H8/c1-6(13)16-5-17-9-7(15-2)3-4-12-8(9)10(11)14;1-4-8(9)10-6-5-7(2)3;7-6-4-2-1-3-5-6;1-3-2/h3-4H,5H2,1-2H3,(H2,11,14);7H,4-6H2,1-3H3;1-5,7H;3H2,1-2H3. The number of phenolic OH excluding ortho intramolecular Hbond substituents is 1. The summed E-state index contributed by atoms with van der Waals surface area (Å²) in [7, 11) is 1.40.